The Bertz CT molecular complexity index is 725. The molecule has 0 unspecified atom stereocenters. The number of carbonyl (C=O) groups is 1. The average molecular weight is 368 g/mol. The molecule has 144 valence electrons. The Kier molecular flexibility index (Phi) is 7.02. The maximum Gasteiger partial charge on any atom is 0.271 e. The van der Waals surface area contributed by atoms with Crippen LogP contribution in [0.5, 0.6) is 5.75 Å². The molecule has 1 aromatic heterocycles. The Hall–Kier alpha value is -2.63. The van der Waals surface area contributed by atoms with Crippen LogP contribution in [0.1, 0.15) is 54.6 Å². The van der Waals surface area contributed by atoms with Gasteiger partial charge >= 0.3 is 0 Å². The van der Waals surface area contributed by atoms with Crippen molar-refractivity contribution >= 4 is 11.7 Å². The van der Waals surface area contributed by atoms with Gasteiger partial charge in [-0.25, -0.2) is 9.97 Å². The van der Waals surface area contributed by atoms with Crippen molar-refractivity contribution in [3.05, 3.63) is 47.9 Å². The number of hydrogen-bond donors (Lipinski definition) is 2. The highest BCUT2D eigenvalue weighted by atomic mass is 16.5. The van der Waals surface area contributed by atoms with Gasteiger partial charge in [0.25, 0.3) is 5.91 Å². The second kappa shape index (κ2) is 9.90. The zero-order chi connectivity index (χ0) is 18.9. The van der Waals surface area contributed by atoms with Gasteiger partial charge in [-0.2, -0.15) is 0 Å². The van der Waals surface area contributed by atoms with Crippen LogP contribution < -0.4 is 15.4 Å². The fourth-order valence-electron chi connectivity index (χ4n) is 3.39. The predicted octanol–water partition coefficient (Wildman–Crippen LogP) is 3.59. The van der Waals surface area contributed by atoms with Crippen LogP contribution >= 0.6 is 0 Å². The molecule has 1 fully saturated rings. The zero-order valence-electron chi connectivity index (χ0n) is 15.9. The van der Waals surface area contributed by atoms with E-state index in [1.54, 1.807) is 19.5 Å². The highest BCUT2D eigenvalue weighted by Gasteiger charge is 2.13. The van der Waals surface area contributed by atoms with Gasteiger partial charge in [0.1, 0.15) is 17.3 Å². The molecule has 0 saturated heterocycles. The summed E-state index contributed by atoms with van der Waals surface area (Å²) >= 11 is 0. The number of anilines is 1. The van der Waals surface area contributed by atoms with Gasteiger partial charge in [0, 0.05) is 12.6 Å². The van der Waals surface area contributed by atoms with Gasteiger partial charge in [0.15, 0.2) is 0 Å². The third-order valence-corrected chi connectivity index (χ3v) is 4.93. The summed E-state index contributed by atoms with van der Waals surface area (Å²) in [5.74, 6) is 1.36. The lowest BCUT2D eigenvalue weighted by Gasteiger charge is -2.16. The van der Waals surface area contributed by atoms with Gasteiger partial charge in [-0.05, 0) is 37.0 Å². The van der Waals surface area contributed by atoms with Gasteiger partial charge in [-0.3, -0.25) is 4.79 Å². The van der Waals surface area contributed by atoms with Crippen molar-refractivity contribution in [2.24, 2.45) is 0 Å². The smallest absolute Gasteiger partial charge is 0.271 e. The molecular weight excluding hydrogens is 340 g/mol. The third-order valence-electron chi connectivity index (χ3n) is 4.93. The molecular formula is C21H28N4O2. The minimum Gasteiger partial charge on any atom is -0.497 e. The van der Waals surface area contributed by atoms with Gasteiger partial charge in [-0.15, -0.1) is 0 Å². The van der Waals surface area contributed by atoms with E-state index in [1.165, 1.54) is 38.5 Å². The van der Waals surface area contributed by atoms with Crippen molar-refractivity contribution in [3.8, 4) is 5.75 Å². The van der Waals surface area contributed by atoms with Crippen molar-refractivity contribution < 1.29 is 9.53 Å². The van der Waals surface area contributed by atoms with E-state index >= 15 is 0 Å². The lowest BCUT2D eigenvalue weighted by molar-refractivity contribution is 0.0949. The maximum atomic E-state index is 12.2. The molecule has 6 heteroatoms. The number of benzene rings is 1. The monoisotopic (exact) mass is 368 g/mol. The van der Waals surface area contributed by atoms with E-state index in [-0.39, 0.29) is 5.91 Å². The summed E-state index contributed by atoms with van der Waals surface area (Å²) in [4.78, 5) is 20.9. The number of aromatic nitrogens is 2. The Morgan fingerprint density at radius 1 is 1.15 bits per heavy atom. The number of nitrogens with zero attached hydrogens (tertiary/aromatic N) is 2. The second-order valence-corrected chi connectivity index (χ2v) is 6.98. The molecule has 1 aliphatic carbocycles. The topological polar surface area (TPSA) is 76.1 Å². The molecule has 0 spiro atoms. The summed E-state index contributed by atoms with van der Waals surface area (Å²) in [5, 5.41) is 6.34. The summed E-state index contributed by atoms with van der Waals surface area (Å²) in [7, 11) is 1.65. The van der Waals surface area contributed by atoms with E-state index < -0.39 is 0 Å². The Balaban J connectivity index is 1.46. The van der Waals surface area contributed by atoms with E-state index in [0.29, 0.717) is 18.3 Å². The number of methoxy groups -OCH3 is 1. The molecule has 27 heavy (non-hydrogen) atoms. The van der Waals surface area contributed by atoms with Gasteiger partial charge in [0.05, 0.1) is 19.5 Å². The van der Waals surface area contributed by atoms with Crippen molar-refractivity contribution in [2.75, 3.05) is 19.0 Å². The predicted molar refractivity (Wildman–Crippen MR) is 106 cm³/mol. The molecule has 0 aliphatic heterocycles. The summed E-state index contributed by atoms with van der Waals surface area (Å²) in [5.41, 5.74) is 1.45. The first kappa shape index (κ1) is 19.1. The number of carbonyl (C=O) groups excluding carboxylic acids is 1. The highest BCUT2D eigenvalue weighted by Crippen LogP contribution is 2.20. The number of nitrogens with one attached hydrogen (secondary N) is 2. The molecule has 2 aromatic rings. The van der Waals surface area contributed by atoms with Crippen LogP contribution in [0.3, 0.4) is 0 Å². The fourth-order valence-corrected chi connectivity index (χ4v) is 3.39. The van der Waals surface area contributed by atoms with Crippen molar-refractivity contribution in [3.63, 3.8) is 0 Å². The van der Waals surface area contributed by atoms with Gasteiger partial charge in [0.2, 0.25) is 0 Å². The number of rotatable bonds is 7. The molecule has 0 radical (unpaired) electrons. The molecule has 1 saturated carbocycles. The van der Waals surface area contributed by atoms with Gasteiger partial charge in [-0.1, -0.05) is 37.8 Å². The molecule has 1 heterocycles. The molecule has 2 N–H and O–H groups in total. The summed E-state index contributed by atoms with van der Waals surface area (Å²) in [6.45, 7) is 0.537. The third kappa shape index (κ3) is 5.94. The number of hydrogen-bond acceptors (Lipinski definition) is 5. The molecule has 0 atom stereocenters. The highest BCUT2D eigenvalue weighted by molar-refractivity contribution is 5.92. The van der Waals surface area contributed by atoms with Crippen LogP contribution in [0.2, 0.25) is 0 Å². The number of ether oxygens (including phenoxy) is 1. The van der Waals surface area contributed by atoms with E-state index in [1.807, 2.05) is 24.3 Å². The lowest BCUT2D eigenvalue weighted by atomic mass is 10.1. The minimum atomic E-state index is -0.202. The first-order valence-electron chi connectivity index (χ1n) is 9.74. The van der Waals surface area contributed by atoms with Crippen LogP contribution in [-0.2, 0) is 6.42 Å². The molecule has 0 bridgehead atoms. The fraction of sp³-hybridized carbons (Fsp3) is 0.476. The van der Waals surface area contributed by atoms with E-state index in [9.17, 15) is 4.79 Å². The Labute approximate surface area is 160 Å². The molecule has 1 aromatic carbocycles. The van der Waals surface area contributed by atoms with Gasteiger partial charge < -0.3 is 15.4 Å². The van der Waals surface area contributed by atoms with Crippen LogP contribution in [0.25, 0.3) is 0 Å². The van der Waals surface area contributed by atoms with Crippen LogP contribution in [-0.4, -0.2) is 35.6 Å². The largest absolute Gasteiger partial charge is 0.497 e. The van der Waals surface area contributed by atoms with E-state index in [2.05, 4.69) is 20.6 Å². The standard InChI is InChI=1S/C21H28N4O2/c1-27-18-10-6-7-16(13-18)11-12-22-21(26)19-14-24-20(15-23-19)25-17-8-4-2-3-5-9-17/h6-7,10,13-15,17H,2-5,8-9,11-12H2,1H3,(H,22,26)(H,24,25). The first-order chi connectivity index (χ1) is 13.2. The van der Waals surface area contributed by atoms with Crippen molar-refractivity contribution in [1.82, 2.24) is 15.3 Å². The number of amides is 1. The Morgan fingerprint density at radius 2 is 1.96 bits per heavy atom. The van der Waals surface area contributed by atoms with Crippen molar-refractivity contribution in [2.45, 2.75) is 51.0 Å². The maximum absolute atomic E-state index is 12.2. The van der Waals surface area contributed by atoms with Crippen molar-refractivity contribution in [1.29, 1.82) is 0 Å². The molecule has 3 rings (SSSR count). The summed E-state index contributed by atoms with van der Waals surface area (Å²) in [6, 6.07) is 8.30. The normalized spacial score (nSPS) is 15.0. The molecule has 6 nitrogen and oxygen atoms in total. The quantitative estimate of drug-likeness (QED) is 0.731. The SMILES string of the molecule is COc1cccc(CCNC(=O)c2cnc(NC3CCCCCC3)cn2)c1. The van der Waals surface area contributed by atoms with Crippen LogP contribution in [0.15, 0.2) is 36.7 Å². The van der Waals surface area contributed by atoms with Crippen LogP contribution in [0, 0.1) is 0 Å². The lowest BCUT2D eigenvalue weighted by Crippen LogP contribution is -2.27. The van der Waals surface area contributed by atoms with E-state index in [4.69, 9.17) is 4.74 Å². The average Bonchev–Trinajstić information content (AvgIpc) is 2.97. The Morgan fingerprint density at radius 3 is 2.67 bits per heavy atom. The molecule has 1 aliphatic rings. The minimum absolute atomic E-state index is 0.202. The molecule has 1 amide bonds. The summed E-state index contributed by atoms with van der Waals surface area (Å²) < 4.78 is 5.21. The zero-order valence-corrected chi connectivity index (χ0v) is 15.9. The summed E-state index contributed by atoms with van der Waals surface area (Å²) in [6.07, 6.45) is 11.4. The second-order valence-electron chi connectivity index (χ2n) is 6.98. The van der Waals surface area contributed by atoms with Crippen LogP contribution in [0.4, 0.5) is 5.82 Å². The van der Waals surface area contributed by atoms with E-state index in [0.717, 1.165) is 23.6 Å². The first-order valence-corrected chi connectivity index (χ1v) is 9.74.